The van der Waals surface area contributed by atoms with Gasteiger partial charge in [0.25, 0.3) is 0 Å². The molecule has 0 fully saturated rings. The van der Waals surface area contributed by atoms with Crippen LogP contribution in [0.5, 0.6) is 5.88 Å². The van der Waals surface area contributed by atoms with E-state index in [0.717, 1.165) is 0 Å². The van der Waals surface area contributed by atoms with Crippen molar-refractivity contribution in [3.63, 3.8) is 0 Å². The molecule has 0 atom stereocenters. The van der Waals surface area contributed by atoms with Gasteiger partial charge in [0.15, 0.2) is 5.69 Å². The minimum Gasteiger partial charge on any atom is -0.493 e. The maximum Gasteiger partial charge on any atom is 0.408 e. The number of hydrogen-bond acceptors (Lipinski definition) is 3. The van der Waals surface area contributed by atoms with Gasteiger partial charge in [0, 0.05) is 6.07 Å². The third-order valence-electron chi connectivity index (χ3n) is 1.31. The average molecular weight is 210 g/mol. The summed E-state index contributed by atoms with van der Waals surface area (Å²) in [7, 11) is 0. The molecule has 0 amide bonds. The van der Waals surface area contributed by atoms with Crippen molar-refractivity contribution in [2.45, 2.75) is 12.7 Å². The van der Waals surface area contributed by atoms with Crippen LogP contribution in [0, 0.1) is 0 Å². The van der Waals surface area contributed by atoms with Crippen LogP contribution in [0.4, 0.5) is 13.2 Å². The summed E-state index contributed by atoms with van der Waals surface area (Å²) in [5.74, 6) is -2.33. The Balaban J connectivity index is 2.94. The first-order valence-electron chi connectivity index (χ1n) is 3.36. The minimum atomic E-state index is -4.56. The Morgan fingerprint density at radius 3 is 2.50 bits per heavy atom. The Morgan fingerprint density at radius 1 is 1.57 bits per heavy atom. The zero-order valence-corrected chi connectivity index (χ0v) is 6.62. The summed E-state index contributed by atoms with van der Waals surface area (Å²) in [4.78, 5) is 10.3. The smallest absolute Gasteiger partial charge is 0.408 e. The number of halogens is 3. The largest absolute Gasteiger partial charge is 0.493 e. The predicted octanol–water partition coefficient (Wildman–Crippen LogP) is 0.849. The van der Waals surface area contributed by atoms with Gasteiger partial charge in [0.2, 0.25) is 5.88 Å². The highest BCUT2D eigenvalue weighted by Gasteiger charge is 2.30. The van der Waals surface area contributed by atoms with Gasteiger partial charge in [-0.2, -0.15) is 18.3 Å². The number of carbonyl (C=O) groups is 1. The maximum absolute atomic E-state index is 11.8. The first kappa shape index (κ1) is 10.4. The fourth-order valence-corrected chi connectivity index (χ4v) is 0.798. The molecule has 0 aromatic carbocycles. The van der Waals surface area contributed by atoms with Crippen LogP contribution in [0.3, 0.4) is 0 Å². The zero-order chi connectivity index (χ0) is 10.9. The monoisotopic (exact) mass is 210 g/mol. The van der Waals surface area contributed by atoms with Gasteiger partial charge in [-0.15, -0.1) is 0 Å². The molecule has 1 aromatic heterocycles. The molecule has 5 nitrogen and oxygen atoms in total. The van der Waals surface area contributed by atoms with E-state index in [1.54, 1.807) is 0 Å². The van der Waals surface area contributed by atoms with E-state index in [0.29, 0.717) is 6.07 Å². The van der Waals surface area contributed by atoms with E-state index < -0.39 is 30.3 Å². The van der Waals surface area contributed by atoms with E-state index in [2.05, 4.69) is 5.10 Å². The van der Waals surface area contributed by atoms with Crippen LogP contribution in [-0.4, -0.2) is 32.1 Å². The highest BCUT2D eigenvalue weighted by molar-refractivity contribution is 5.85. The third kappa shape index (κ3) is 2.38. The predicted molar refractivity (Wildman–Crippen MR) is 36.9 cm³/mol. The van der Waals surface area contributed by atoms with E-state index in [9.17, 15) is 18.0 Å². The second-order valence-electron chi connectivity index (χ2n) is 2.47. The molecule has 0 aliphatic carbocycles. The highest BCUT2D eigenvalue weighted by Crippen LogP contribution is 2.21. The molecular weight excluding hydrogens is 205 g/mol. The summed E-state index contributed by atoms with van der Waals surface area (Å²) in [6.07, 6.45) is -4.56. The van der Waals surface area contributed by atoms with Crippen LogP contribution in [0.25, 0.3) is 0 Å². The lowest BCUT2D eigenvalue weighted by molar-refractivity contribution is -0.143. The van der Waals surface area contributed by atoms with Gasteiger partial charge in [-0.25, -0.2) is 9.48 Å². The summed E-state index contributed by atoms with van der Waals surface area (Å²) in [6, 6.07) is 0.647. The number of rotatable bonds is 2. The fourth-order valence-electron chi connectivity index (χ4n) is 0.798. The molecule has 2 N–H and O–H groups in total. The van der Waals surface area contributed by atoms with E-state index in [4.69, 9.17) is 10.2 Å². The third-order valence-corrected chi connectivity index (χ3v) is 1.31. The Morgan fingerprint density at radius 2 is 2.14 bits per heavy atom. The van der Waals surface area contributed by atoms with E-state index >= 15 is 0 Å². The van der Waals surface area contributed by atoms with Gasteiger partial charge in [-0.05, 0) is 0 Å². The molecule has 14 heavy (non-hydrogen) atoms. The van der Waals surface area contributed by atoms with Crippen molar-refractivity contribution < 1.29 is 28.2 Å². The highest BCUT2D eigenvalue weighted by atomic mass is 19.4. The molecule has 1 heterocycles. The lowest BCUT2D eigenvalue weighted by Gasteiger charge is -2.06. The molecule has 0 radical (unpaired) electrons. The fraction of sp³-hybridized carbons (Fsp3) is 0.333. The average Bonchev–Trinajstić information content (AvgIpc) is 2.29. The number of aromatic carboxylic acids is 1. The molecule has 0 aliphatic rings. The van der Waals surface area contributed by atoms with Crippen molar-refractivity contribution in [2.24, 2.45) is 0 Å². The first-order valence-corrected chi connectivity index (χ1v) is 3.36. The van der Waals surface area contributed by atoms with Gasteiger partial charge in [0.05, 0.1) is 0 Å². The quantitative estimate of drug-likeness (QED) is 0.758. The van der Waals surface area contributed by atoms with Gasteiger partial charge in [-0.3, -0.25) is 0 Å². The summed E-state index contributed by atoms with van der Waals surface area (Å²) < 4.78 is 35.6. The second kappa shape index (κ2) is 3.20. The second-order valence-corrected chi connectivity index (χ2v) is 2.47. The lowest BCUT2D eigenvalue weighted by atomic mass is 10.4. The molecule has 0 unspecified atom stereocenters. The van der Waals surface area contributed by atoms with Crippen molar-refractivity contribution >= 4 is 5.97 Å². The molecule has 0 aliphatic heterocycles. The van der Waals surface area contributed by atoms with Crippen molar-refractivity contribution in [1.29, 1.82) is 0 Å². The topological polar surface area (TPSA) is 75.3 Å². The van der Waals surface area contributed by atoms with E-state index in [1.165, 1.54) is 0 Å². The number of aromatic nitrogens is 2. The minimum absolute atomic E-state index is 0.170. The van der Waals surface area contributed by atoms with Crippen molar-refractivity contribution in [3.05, 3.63) is 11.8 Å². The number of carboxylic acids is 1. The molecule has 0 spiro atoms. The number of carboxylic acid groups (broad SMARTS) is 1. The summed E-state index contributed by atoms with van der Waals surface area (Å²) in [6.45, 7) is -1.52. The number of hydrogen-bond donors (Lipinski definition) is 2. The zero-order valence-electron chi connectivity index (χ0n) is 6.62. The van der Waals surface area contributed by atoms with Crippen LogP contribution in [0.1, 0.15) is 10.5 Å². The summed E-state index contributed by atoms with van der Waals surface area (Å²) >= 11 is 0. The van der Waals surface area contributed by atoms with Gasteiger partial charge >= 0.3 is 12.1 Å². The maximum atomic E-state index is 11.8. The molecular formula is C6H5F3N2O3. The normalized spacial score (nSPS) is 11.6. The number of nitrogens with zero attached hydrogens (tertiary/aromatic N) is 2. The van der Waals surface area contributed by atoms with Gasteiger partial charge < -0.3 is 10.2 Å². The number of aromatic hydroxyl groups is 1. The molecule has 78 valence electrons. The Hall–Kier alpha value is -1.73. The molecule has 0 saturated heterocycles. The van der Waals surface area contributed by atoms with Crippen LogP contribution < -0.4 is 0 Å². The molecule has 1 aromatic rings. The van der Waals surface area contributed by atoms with Crippen molar-refractivity contribution in [1.82, 2.24) is 9.78 Å². The Bertz CT molecular complexity index is 358. The molecule has 0 saturated carbocycles. The lowest BCUT2D eigenvalue weighted by Crippen LogP contribution is -2.18. The summed E-state index contributed by atoms with van der Waals surface area (Å²) in [5.41, 5.74) is -0.633. The van der Waals surface area contributed by atoms with E-state index in [1.807, 2.05) is 0 Å². The van der Waals surface area contributed by atoms with Gasteiger partial charge in [0.1, 0.15) is 6.54 Å². The van der Waals surface area contributed by atoms with Crippen LogP contribution in [0.15, 0.2) is 6.07 Å². The SMILES string of the molecule is O=C(O)c1cc(O)n(CC(F)(F)F)n1. The standard InChI is InChI=1S/C6H5F3N2O3/c7-6(8,9)2-11-4(12)1-3(10-11)5(13)14/h1,12H,2H2,(H,13,14). The van der Waals surface area contributed by atoms with E-state index in [-0.39, 0.29) is 4.68 Å². The molecule has 0 bridgehead atoms. The van der Waals surface area contributed by atoms with Crippen LogP contribution in [0.2, 0.25) is 0 Å². The molecule has 8 heteroatoms. The Kier molecular flexibility index (Phi) is 2.37. The van der Waals surface area contributed by atoms with Crippen molar-refractivity contribution in [2.75, 3.05) is 0 Å². The van der Waals surface area contributed by atoms with Crippen LogP contribution >= 0.6 is 0 Å². The molecule has 1 rings (SSSR count). The Labute approximate surface area is 75.4 Å². The number of alkyl halides is 3. The summed E-state index contributed by atoms with van der Waals surface area (Å²) in [5, 5.41) is 20.3. The first-order chi connectivity index (χ1) is 6.29. The van der Waals surface area contributed by atoms with Crippen molar-refractivity contribution in [3.8, 4) is 5.88 Å². The van der Waals surface area contributed by atoms with Crippen LogP contribution in [-0.2, 0) is 6.54 Å². The van der Waals surface area contributed by atoms with Gasteiger partial charge in [-0.1, -0.05) is 0 Å².